The Morgan fingerprint density at radius 1 is 1.42 bits per heavy atom. The van der Waals surface area contributed by atoms with Crippen molar-refractivity contribution in [2.24, 2.45) is 11.3 Å². The minimum absolute atomic E-state index is 0.134. The van der Waals surface area contributed by atoms with Crippen LogP contribution in [0.25, 0.3) is 0 Å². The molecule has 2 unspecified atom stereocenters. The second kappa shape index (κ2) is 6.78. The van der Waals surface area contributed by atoms with Crippen LogP contribution in [0, 0.1) is 11.3 Å². The summed E-state index contributed by atoms with van der Waals surface area (Å²) < 4.78 is 0. The van der Waals surface area contributed by atoms with E-state index in [0.717, 1.165) is 19.3 Å². The summed E-state index contributed by atoms with van der Waals surface area (Å²) in [5.74, 6) is -0.605. The van der Waals surface area contributed by atoms with Crippen molar-refractivity contribution in [2.75, 3.05) is 6.54 Å². The zero-order chi connectivity index (χ0) is 14.5. The van der Waals surface area contributed by atoms with Crippen molar-refractivity contribution in [3.05, 3.63) is 0 Å². The van der Waals surface area contributed by atoms with Crippen LogP contribution in [0.15, 0.2) is 0 Å². The number of hydrogen-bond donors (Lipinski definition) is 3. The molecule has 110 valence electrons. The Hall–Kier alpha value is -1.26. The Balaban J connectivity index is 2.16. The summed E-state index contributed by atoms with van der Waals surface area (Å²) in [6, 6.07) is 0.134. The van der Waals surface area contributed by atoms with Crippen LogP contribution in [0.1, 0.15) is 52.9 Å². The number of aliphatic carboxylic acids is 1. The molecule has 3 N–H and O–H groups in total. The van der Waals surface area contributed by atoms with E-state index in [1.165, 1.54) is 0 Å². The van der Waals surface area contributed by atoms with Crippen molar-refractivity contribution in [3.63, 3.8) is 0 Å². The first-order valence-corrected chi connectivity index (χ1v) is 7.05. The van der Waals surface area contributed by atoms with Gasteiger partial charge in [-0.3, -0.25) is 4.79 Å². The number of carboxylic acid groups (broad SMARTS) is 1. The molecular formula is C14H26N2O3. The van der Waals surface area contributed by atoms with Crippen LogP contribution < -0.4 is 10.6 Å². The third kappa shape index (κ3) is 6.45. The Bertz CT molecular complexity index is 329. The normalized spacial score (nSPS) is 22.8. The molecule has 2 atom stereocenters. The molecule has 0 radical (unpaired) electrons. The van der Waals surface area contributed by atoms with Crippen molar-refractivity contribution < 1.29 is 14.7 Å². The third-order valence-corrected chi connectivity index (χ3v) is 3.77. The fraction of sp³-hybridized carbons (Fsp3) is 0.857. The molecule has 1 aliphatic carbocycles. The predicted octanol–water partition coefficient (Wildman–Crippen LogP) is 2.37. The molecule has 5 nitrogen and oxygen atoms in total. The number of hydrogen-bond acceptors (Lipinski definition) is 2. The molecule has 1 aliphatic rings. The second-order valence-electron chi connectivity index (χ2n) is 6.50. The van der Waals surface area contributed by atoms with Crippen LogP contribution in [-0.2, 0) is 4.79 Å². The molecule has 0 aromatic heterocycles. The monoisotopic (exact) mass is 270 g/mol. The minimum atomic E-state index is -0.788. The number of carboxylic acids is 1. The third-order valence-electron chi connectivity index (χ3n) is 3.77. The highest BCUT2D eigenvalue weighted by atomic mass is 16.4. The Morgan fingerprint density at radius 3 is 2.63 bits per heavy atom. The molecule has 5 heteroatoms. The summed E-state index contributed by atoms with van der Waals surface area (Å²) in [4.78, 5) is 22.1. The molecule has 1 rings (SSSR count). The number of carbonyl (C=O) groups is 2. The smallest absolute Gasteiger partial charge is 0.315 e. The molecule has 0 aromatic carbocycles. The highest BCUT2D eigenvalue weighted by molar-refractivity contribution is 5.74. The summed E-state index contributed by atoms with van der Waals surface area (Å²) in [6.45, 7) is 6.91. The number of rotatable bonds is 6. The van der Waals surface area contributed by atoms with Gasteiger partial charge in [0.2, 0.25) is 0 Å². The molecule has 0 bridgehead atoms. The molecular weight excluding hydrogens is 244 g/mol. The van der Waals surface area contributed by atoms with E-state index < -0.39 is 5.97 Å². The molecule has 0 saturated heterocycles. The summed E-state index contributed by atoms with van der Waals surface area (Å²) in [5.41, 5.74) is 0.326. The maximum absolute atomic E-state index is 11.7. The summed E-state index contributed by atoms with van der Waals surface area (Å²) >= 11 is 0. The zero-order valence-corrected chi connectivity index (χ0v) is 12.2. The second-order valence-corrected chi connectivity index (χ2v) is 6.50. The molecule has 19 heavy (non-hydrogen) atoms. The van der Waals surface area contributed by atoms with Crippen LogP contribution in [0.2, 0.25) is 0 Å². The fourth-order valence-corrected chi connectivity index (χ4v) is 2.53. The van der Waals surface area contributed by atoms with Gasteiger partial charge in [-0.2, -0.15) is 0 Å². The van der Waals surface area contributed by atoms with E-state index in [1.807, 2.05) is 6.92 Å². The first kappa shape index (κ1) is 15.8. The maximum atomic E-state index is 11.7. The number of carbonyl (C=O) groups excluding carboxylic acids is 1. The fourth-order valence-electron chi connectivity index (χ4n) is 2.53. The maximum Gasteiger partial charge on any atom is 0.315 e. The first-order chi connectivity index (χ1) is 8.78. The van der Waals surface area contributed by atoms with Crippen LogP contribution in [-0.4, -0.2) is 29.7 Å². The van der Waals surface area contributed by atoms with E-state index >= 15 is 0 Å². The lowest BCUT2D eigenvalue weighted by Crippen LogP contribution is -2.42. The van der Waals surface area contributed by atoms with Gasteiger partial charge < -0.3 is 15.7 Å². The average molecular weight is 270 g/mol. The van der Waals surface area contributed by atoms with E-state index in [9.17, 15) is 9.59 Å². The van der Waals surface area contributed by atoms with Gasteiger partial charge in [-0.25, -0.2) is 4.79 Å². The topological polar surface area (TPSA) is 78.4 Å². The van der Waals surface area contributed by atoms with Crippen molar-refractivity contribution in [3.8, 4) is 0 Å². The molecule has 2 amide bonds. The summed E-state index contributed by atoms with van der Waals surface area (Å²) in [6.07, 6.45) is 3.95. The van der Waals surface area contributed by atoms with Crippen molar-refractivity contribution in [1.29, 1.82) is 0 Å². The van der Waals surface area contributed by atoms with E-state index in [-0.39, 0.29) is 24.4 Å². The molecule has 0 aromatic rings. The Morgan fingerprint density at radius 2 is 2.11 bits per heavy atom. The van der Waals surface area contributed by atoms with Crippen LogP contribution in [0.3, 0.4) is 0 Å². The Kier molecular flexibility index (Phi) is 5.63. The van der Waals surface area contributed by atoms with Gasteiger partial charge in [0.05, 0.1) is 0 Å². The van der Waals surface area contributed by atoms with Gasteiger partial charge >= 0.3 is 12.0 Å². The molecule has 1 fully saturated rings. The first-order valence-electron chi connectivity index (χ1n) is 7.05. The zero-order valence-electron chi connectivity index (χ0n) is 12.2. The van der Waals surface area contributed by atoms with Gasteiger partial charge in [-0.15, -0.1) is 0 Å². The van der Waals surface area contributed by atoms with Crippen molar-refractivity contribution in [2.45, 2.75) is 58.9 Å². The lowest BCUT2D eigenvalue weighted by molar-refractivity contribution is -0.137. The van der Waals surface area contributed by atoms with Gasteiger partial charge in [0.1, 0.15) is 0 Å². The van der Waals surface area contributed by atoms with E-state index in [2.05, 4.69) is 24.5 Å². The van der Waals surface area contributed by atoms with Crippen LogP contribution >= 0.6 is 0 Å². The summed E-state index contributed by atoms with van der Waals surface area (Å²) in [7, 11) is 0. The minimum Gasteiger partial charge on any atom is -0.481 e. The van der Waals surface area contributed by atoms with Crippen molar-refractivity contribution in [1.82, 2.24) is 10.6 Å². The van der Waals surface area contributed by atoms with Crippen LogP contribution in [0.5, 0.6) is 0 Å². The van der Waals surface area contributed by atoms with E-state index in [0.29, 0.717) is 18.4 Å². The molecule has 0 heterocycles. The van der Waals surface area contributed by atoms with Crippen LogP contribution in [0.4, 0.5) is 4.79 Å². The molecule has 0 aliphatic heterocycles. The SMILES string of the molecule is CC(CCC(=O)O)CNC(=O)NC1CCC(C)(C)C1. The largest absolute Gasteiger partial charge is 0.481 e. The van der Waals surface area contributed by atoms with Gasteiger partial charge in [0.25, 0.3) is 0 Å². The molecule has 0 spiro atoms. The van der Waals surface area contributed by atoms with Gasteiger partial charge in [0.15, 0.2) is 0 Å². The average Bonchev–Trinajstić information content (AvgIpc) is 2.63. The number of urea groups is 1. The van der Waals surface area contributed by atoms with Crippen molar-refractivity contribution >= 4 is 12.0 Å². The quantitative estimate of drug-likeness (QED) is 0.693. The number of amides is 2. The predicted molar refractivity (Wildman–Crippen MR) is 74.0 cm³/mol. The highest BCUT2D eigenvalue weighted by Gasteiger charge is 2.31. The van der Waals surface area contributed by atoms with Gasteiger partial charge in [-0.1, -0.05) is 20.8 Å². The highest BCUT2D eigenvalue weighted by Crippen LogP contribution is 2.36. The van der Waals surface area contributed by atoms with E-state index in [4.69, 9.17) is 5.11 Å². The summed E-state index contributed by atoms with van der Waals surface area (Å²) in [5, 5.41) is 14.4. The standard InChI is InChI=1S/C14H26N2O3/c1-10(4-5-12(17)18)9-15-13(19)16-11-6-7-14(2,3)8-11/h10-11H,4-9H2,1-3H3,(H,17,18)(H2,15,16,19). The van der Waals surface area contributed by atoms with Gasteiger partial charge in [0, 0.05) is 19.0 Å². The molecule has 1 saturated carbocycles. The lowest BCUT2D eigenvalue weighted by atomic mass is 9.92. The lowest BCUT2D eigenvalue weighted by Gasteiger charge is -2.18. The Labute approximate surface area is 115 Å². The van der Waals surface area contributed by atoms with Gasteiger partial charge in [-0.05, 0) is 37.0 Å². The number of nitrogens with one attached hydrogen (secondary N) is 2. The van der Waals surface area contributed by atoms with E-state index in [1.54, 1.807) is 0 Å².